The lowest BCUT2D eigenvalue weighted by atomic mass is 9.68. The monoisotopic (exact) mass is 344 g/mol. The normalized spacial score (nSPS) is 33.9. The highest BCUT2D eigenvalue weighted by atomic mass is 19.1. The first-order valence-corrected chi connectivity index (χ1v) is 9.95. The highest BCUT2D eigenvalue weighted by Gasteiger charge is 2.43. The zero-order valence-corrected chi connectivity index (χ0v) is 15.2. The van der Waals surface area contributed by atoms with Crippen LogP contribution in [0.25, 0.3) is 0 Å². The van der Waals surface area contributed by atoms with Crippen LogP contribution in [0, 0.1) is 23.6 Å². The minimum atomic E-state index is -0.309. The van der Waals surface area contributed by atoms with Gasteiger partial charge in [-0.2, -0.15) is 4.39 Å². The maximum absolute atomic E-state index is 14.7. The molecule has 3 aliphatic rings. The van der Waals surface area contributed by atoms with Crippen LogP contribution in [0.2, 0.25) is 0 Å². The van der Waals surface area contributed by atoms with E-state index in [-0.39, 0.29) is 11.9 Å². The molecule has 0 N–H and O–H groups in total. The van der Waals surface area contributed by atoms with E-state index in [9.17, 15) is 4.39 Å². The molecular weight excluding hydrogens is 315 g/mol. The average Bonchev–Trinajstić information content (AvgIpc) is 3.03. The predicted molar refractivity (Wildman–Crippen MR) is 97.7 cm³/mol. The van der Waals surface area contributed by atoms with Crippen molar-refractivity contribution in [3.63, 3.8) is 0 Å². The molecule has 1 aliphatic heterocycles. The second-order valence-corrected chi connectivity index (χ2v) is 7.98. The topological polar surface area (TPSA) is 18.5 Å². The summed E-state index contributed by atoms with van der Waals surface area (Å²) >= 11 is 0. The number of ether oxygens (including phenoxy) is 2. The molecule has 1 heterocycles. The molecule has 2 aliphatic carbocycles. The van der Waals surface area contributed by atoms with Crippen LogP contribution in [-0.4, -0.2) is 12.7 Å². The van der Waals surface area contributed by atoms with Gasteiger partial charge in [-0.25, -0.2) is 0 Å². The molecule has 136 valence electrons. The third kappa shape index (κ3) is 3.07. The van der Waals surface area contributed by atoms with Crippen molar-refractivity contribution in [1.29, 1.82) is 0 Å². The Morgan fingerprint density at radius 1 is 1.16 bits per heavy atom. The Hall–Kier alpha value is -1.51. The fraction of sp³-hybridized carbons (Fsp3) is 0.636. The third-order valence-electron chi connectivity index (χ3n) is 6.71. The van der Waals surface area contributed by atoms with Crippen molar-refractivity contribution in [2.45, 2.75) is 63.9 Å². The molecule has 1 aromatic carbocycles. The van der Waals surface area contributed by atoms with E-state index in [1.807, 2.05) is 13.0 Å². The van der Waals surface area contributed by atoms with E-state index < -0.39 is 0 Å². The Balaban J connectivity index is 1.45. The minimum Gasteiger partial charge on any atom is -0.491 e. The molecule has 0 saturated heterocycles. The summed E-state index contributed by atoms with van der Waals surface area (Å²) in [6.07, 6.45) is 10.9. The molecule has 2 fully saturated rings. The molecule has 2 saturated carbocycles. The number of allylic oxidation sites excluding steroid dienone is 1. The van der Waals surface area contributed by atoms with Gasteiger partial charge in [0.05, 0.1) is 6.61 Å². The molecule has 4 rings (SSSR count). The van der Waals surface area contributed by atoms with Crippen molar-refractivity contribution in [3.05, 3.63) is 36.2 Å². The molecule has 0 aromatic heterocycles. The number of fused-ring (bicyclic) bond motifs is 3. The van der Waals surface area contributed by atoms with Gasteiger partial charge in [-0.3, -0.25) is 0 Å². The predicted octanol–water partition coefficient (Wildman–Crippen LogP) is 5.86. The van der Waals surface area contributed by atoms with E-state index in [0.29, 0.717) is 29.9 Å². The van der Waals surface area contributed by atoms with Crippen LogP contribution in [0.3, 0.4) is 0 Å². The first-order valence-electron chi connectivity index (χ1n) is 9.95. The summed E-state index contributed by atoms with van der Waals surface area (Å²) in [5.74, 6) is 3.09. The lowest BCUT2D eigenvalue weighted by molar-refractivity contribution is 0.0840. The first kappa shape index (κ1) is 16.9. The smallest absolute Gasteiger partial charge is 0.207 e. The van der Waals surface area contributed by atoms with Crippen LogP contribution >= 0.6 is 0 Å². The van der Waals surface area contributed by atoms with E-state index >= 15 is 0 Å². The van der Waals surface area contributed by atoms with Gasteiger partial charge in [-0.1, -0.05) is 12.1 Å². The van der Waals surface area contributed by atoms with Crippen LogP contribution in [0.4, 0.5) is 4.39 Å². The molecule has 2 nitrogen and oxygen atoms in total. The van der Waals surface area contributed by atoms with Crippen molar-refractivity contribution in [1.82, 2.24) is 0 Å². The molecule has 1 aromatic rings. The van der Waals surface area contributed by atoms with Gasteiger partial charge in [-0.05, 0) is 75.7 Å². The van der Waals surface area contributed by atoms with E-state index in [1.165, 1.54) is 32.1 Å². The molecular formula is C22H29FO2. The number of rotatable bonds is 4. The summed E-state index contributed by atoms with van der Waals surface area (Å²) in [4.78, 5) is 0. The quantitative estimate of drug-likeness (QED) is 0.637. The van der Waals surface area contributed by atoms with E-state index in [4.69, 9.17) is 9.47 Å². The van der Waals surface area contributed by atoms with Crippen LogP contribution in [0.5, 0.6) is 11.5 Å². The first-order chi connectivity index (χ1) is 12.2. The van der Waals surface area contributed by atoms with Crippen LogP contribution in [0.15, 0.2) is 24.8 Å². The molecule has 0 bridgehead atoms. The van der Waals surface area contributed by atoms with Crippen LogP contribution in [0.1, 0.15) is 63.4 Å². The van der Waals surface area contributed by atoms with Gasteiger partial charge in [0.25, 0.3) is 0 Å². The zero-order chi connectivity index (χ0) is 17.4. The average molecular weight is 344 g/mol. The largest absolute Gasteiger partial charge is 0.491 e. The molecule has 3 atom stereocenters. The Morgan fingerprint density at radius 2 is 1.92 bits per heavy atom. The summed E-state index contributed by atoms with van der Waals surface area (Å²) < 4.78 is 26.2. The molecule has 0 amide bonds. The van der Waals surface area contributed by atoms with Crippen molar-refractivity contribution < 1.29 is 13.9 Å². The molecule has 3 heteroatoms. The van der Waals surface area contributed by atoms with Gasteiger partial charge < -0.3 is 9.47 Å². The minimum absolute atomic E-state index is 0.150. The number of hydrogen-bond acceptors (Lipinski definition) is 2. The lowest BCUT2D eigenvalue weighted by Crippen LogP contribution is -2.33. The molecule has 0 spiro atoms. The van der Waals surface area contributed by atoms with Gasteiger partial charge in [0.15, 0.2) is 11.5 Å². The van der Waals surface area contributed by atoms with E-state index in [0.717, 1.165) is 30.2 Å². The van der Waals surface area contributed by atoms with Crippen molar-refractivity contribution in [3.8, 4) is 11.5 Å². The van der Waals surface area contributed by atoms with Crippen LogP contribution in [-0.2, 0) is 0 Å². The number of benzene rings is 1. The Morgan fingerprint density at radius 3 is 2.64 bits per heavy atom. The highest BCUT2D eigenvalue weighted by molar-refractivity contribution is 5.48. The number of hydrogen-bond donors (Lipinski definition) is 0. The van der Waals surface area contributed by atoms with Gasteiger partial charge in [-0.15, -0.1) is 6.58 Å². The Labute approximate surface area is 150 Å². The molecule has 3 unspecified atom stereocenters. The standard InChI is InChI=1S/C22H29FO2/c1-3-14-5-7-15(8-6-14)16-9-10-17-18-11-12-19(24-4-2)21(23)22(18)25-20(17)13-16/h3,11-12,14-17,20H,1,4-10,13H2,2H3. The van der Waals surface area contributed by atoms with E-state index in [1.54, 1.807) is 6.07 Å². The lowest BCUT2D eigenvalue weighted by Gasteiger charge is -2.38. The number of halogens is 1. The SMILES string of the molecule is C=CC1CCC(C2CCC3c4ccc(OCC)c(F)c4OC3C2)CC1. The maximum atomic E-state index is 14.7. The second-order valence-electron chi connectivity index (χ2n) is 7.98. The second kappa shape index (κ2) is 7.01. The van der Waals surface area contributed by atoms with Crippen LogP contribution < -0.4 is 9.47 Å². The third-order valence-corrected chi connectivity index (χ3v) is 6.71. The van der Waals surface area contributed by atoms with Gasteiger partial charge in [0.2, 0.25) is 5.82 Å². The van der Waals surface area contributed by atoms with Gasteiger partial charge in [0, 0.05) is 11.5 Å². The van der Waals surface area contributed by atoms with Crippen molar-refractivity contribution in [2.75, 3.05) is 6.61 Å². The fourth-order valence-electron chi connectivity index (χ4n) is 5.31. The molecule has 0 radical (unpaired) electrons. The fourth-order valence-corrected chi connectivity index (χ4v) is 5.31. The summed E-state index contributed by atoms with van der Waals surface area (Å²) in [5, 5.41) is 0. The van der Waals surface area contributed by atoms with Gasteiger partial charge in [0.1, 0.15) is 6.10 Å². The maximum Gasteiger partial charge on any atom is 0.207 e. The van der Waals surface area contributed by atoms with Gasteiger partial charge >= 0.3 is 0 Å². The Kier molecular flexibility index (Phi) is 4.75. The summed E-state index contributed by atoms with van der Waals surface area (Å²) in [6.45, 7) is 6.30. The van der Waals surface area contributed by atoms with Crippen molar-refractivity contribution >= 4 is 0 Å². The van der Waals surface area contributed by atoms with Crippen molar-refractivity contribution in [2.24, 2.45) is 17.8 Å². The molecule has 25 heavy (non-hydrogen) atoms. The van der Waals surface area contributed by atoms with E-state index in [2.05, 4.69) is 12.7 Å². The highest BCUT2D eigenvalue weighted by Crippen LogP contribution is 2.52. The summed E-state index contributed by atoms with van der Waals surface area (Å²) in [5.41, 5.74) is 1.06. The Bertz CT molecular complexity index is 633. The summed E-state index contributed by atoms with van der Waals surface area (Å²) in [6, 6.07) is 3.79. The summed E-state index contributed by atoms with van der Waals surface area (Å²) in [7, 11) is 0. The zero-order valence-electron chi connectivity index (χ0n) is 15.2.